The summed E-state index contributed by atoms with van der Waals surface area (Å²) >= 11 is 0. The second-order valence-corrected chi connectivity index (χ2v) is 5.35. The summed E-state index contributed by atoms with van der Waals surface area (Å²) in [6.45, 7) is 4.34. The van der Waals surface area contributed by atoms with Gasteiger partial charge in [0.05, 0.1) is 17.9 Å². The van der Waals surface area contributed by atoms with E-state index in [-0.39, 0.29) is 5.75 Å². The standard InChI is InChI=1S/C18H18N4O/c1-13-11-14(2)21-18(20-13)22(12-15-7-5-6-10-19-15)16-8-3-4-9-17(16)23/h3-11,23H,12H2,1-2H3. The first-order chi connectivity index (χ1) is 11.1. The van der Waals surface area contributed by atoms with Crippen LogP contribution in [0.1, 0.15) is 17.1 Å². The normalized spacial score (nSPS) is 10.5. The lowest BCUT2D eigenvalue weighted by molar-refractivity contribution is 0.475. The Kier molecular flexibility index (Phi) is 4.19. The summed E-state index contributed by atoms with van der Waals surface area (Å²) in [7, 11) is 0. The van der Waals surface area contributed by atoms with Gasteiger partial charge in [-0.2, -0.15) is 0 Å². The molecule has 3 aromatic rings. The van der Waals surface area contributed by atoms with Gasteiger partial charge in [-0.25, -0.2) is 9.97 Å². The van der Waals surface area contributed by atoms with E-state index in [0.717, 1.165) is 17.1 Å². The van der Waals surface area contributed by atoms with Crippen LogP contribution in [0.3, 0.4) is 0 Å². The van der Waals surface area contributed by atoms with Crippen molar-refractivity contribution in [2.45, 2.75) is 20.4 Å². The number of anilines is 2. The predicted octanol–water partition coefficient (Wildman–Crippen LogP) is 3.53. The number of aromatic hydroxyl groups is 1. The molecular formula is C18H18N4O. The number of aryl methyl sites for hydroxylation is 2. The summed E-state index contributed by atoms with van der Waals surface area (Å²) in [5.41, 5.74) is 3.30. The van der Waals surface area contributed by atoms with Crippen LogP contribution in [-0.4, -0.2) is 20.1 Å². The number of phenols is 1. The minimum Gasteiger partial charge on any atom is -0.506 e. The highest BCUT2D eigenvalue weighted by Gasteiger charge is 2.17. The average molecular weight is 306 g/mol. The van der Waals surface area contributed by atoms with Gasteiger partial charge in [-0.15, -0.1) is 0 Å². The van der Waals surface area contributed by atoms with Crippen LogP contribution in [0, 0.1) is 13.8 Å². The zero-order valence-corrected chi connectivity index (χ0v) is 13.1. The molecule has 5 nitrogen and oxygen atoms in total. The third kappa shape index (κ3) is 3.45. The summed E-state index contributed by atoms with van der Waals surface area (Å²) in [4.78, 5) is 15.3. The number of para-hydroxylation sites is 2. The third-order valence-electron chi connectivity index (χ3n) is 3.43. The molecule has 0 aliphatic heterocycles. The molecule has 2 heterocycles. The fourth-order valence-electron chi connectivity index (χ4n) is 2.44. The molecule has 0 radical (unpaired) electrons. The quantitative estimate of drug-likeness (QED) is 0.799. The van der Waals surface area contributed by atoms with Gasteiger partial charge in [-0.1, -0.05) is 18.2 Å². The molecule has 0 amide bonds. The number of rotatable bonds is 4. The maximum atomic E-state index is 10.2. The Bertz CT molecular complexity index is 785. The molecule has 0 aliphatic carbocycles. The van der Waals surface area contributed by atoms with Crippen molar-refractivity contribution in [3.8, 4) is 5.75 Å². The second kappa shape index (κ2) is 6.44. The van der Waals surface area contributed by atoms with Crippen molar-refractivity contribution in [1.82, 2.24) is 15.0 Å². The van der Waals surface area contributed by atoms with Crippen LogP contribution in [0.5, 0.6) is 5.75 Å². The molecule has 0 atom stereocenters. The maximum absolute atomic E-state index is 10.2. The first kappa shape index (κ1) is 15.0. The zero-order valence-electron chi connectivity index (χ0n) is 13.1. The van der Waals surface area contributed by atoms with E-state index in [4.69, 9.17) is 0 Å². The number of hydrogen-bond donors (Lipinski definition) is 1. The summed E-state index contributed by atoms with van der Waals surface area (Å²) < 4.78 is 0. The van der Waals surface area contributed by atoms with Gasteiger partial charge in [0.15, 0.2) is 0 Å². The highest BCUT2D eigenvalue weighted by Crippen LogP contribution is 2.32. The van der Waals surface area contributed by atoms with Gasteiger partial charge in [0, 0.05) is 17.6 Å². The number of nitrogens with zero attached hydrogens (tertiary/aromatic N) is 4. The molecule has 0 saturated carbocycles. The first-order valence-corrected chi connectivity index (χ1v) is 7.41. The lowest BCUT2D eigenvalue weighted by atomic mass is 10.2. The van der Waals surface area contributed by atoms with Gasteiger partial charge >= 0.3 is 0 Å². The monoisotopic (exact) mass is 306 g/mol. The summed E-state index contributed by atoms with van der Waals surface area (Å²) in [6.07, 6.45) is 1.75. The van der Waals surface area contributed by atoms with E-state index in [9.17, 15) is 5.11 Å². The summed E-state index contributed by atoms with van der Waals surface area (Å²) in [6, 6.07) is 14.9. The van der Waals surface area contributed by atoms with Crippen molar-refractivity contribution in [2.24, 2.45) is 0 Å². The van der Waals surface area contributed by atoms with Crippen molar-refractivity contribution in [1.29, 1.82) is 0 Å². The number of phenolic OH excluding ortho intramolecular Hbond substituents is 1. The average Bonchev–Trinajstić information content (AvgIpc) is 2.53. The SMILES string of the molecule is Cc1cc(C)nc(N(Cc2ccccn2)c2ccccc2O)n1. The van der Waals surface area contributed by atoms with Crippen molar-refractivity contribution in [3.05, 3.63) is 71.8 Å². The molecule has 0 unspecified atom stereocenters. The van der Waals surface area contributed by atoms with Gasteiger partial charge in [0.25, 0.3) is 0 Å². The number of pyridine rings is 1. The van der Waals surface area contributed by atoms with E-state index >= 15 is 0 Å². The van der Waals surface area contributed by atoms with E-state index in [2.05, 4.69) is 15.0 Å². The number of hydrogen-bond acceptors (Lipinski definition) is 5. The van der Waals surface area contributed by atoms with Gasteiger partial charge in [0.1, 0.15) is 5.75 Å². The van der Waals surface area contributed by atoms with Crippen LogP contribution in [0.4, 0.5) is 11.6 Å². The highest BCUT2D eigenvalue weighted by atomic mass is 16.3. The zero-order chi connectivity index (χ0) is 16.2. The summed E-state index contributed by atoms with van der Waals surface area (Å²) in [5.74, 6) is 0.737. The highest BCUT2D eigenvalue weighted by molar-refractivity contribution is 5.64. The minimum atomic E-state index is 0.186. The van der Waals surface area contributed by atoms with E-state index < -0.39 is 0 Å². The van der Waals surface area contributed by atoms with E-state index in [1.54, 1.807) is 18.3 Å². The van der Waals surface area contributed by atoms with Crippen LogP contribution in [0.15, 0.2) is 54.7 Å². The number of benzene rings is 1. The van der Waals surface area contributed by atoms with Crippen LogP contribution >= 0.6 is 0 Å². The molecule has 116 valence electrons. The van der Waals surface area contributed by atoms with Crippen molar-refractivity contribution in [2.75, 3.05) is 4.90 Å². The molecule has 23 heavy (non-hydrogen) atoms. The van der Waals surface area contributed by atoms with Gasteiger partial charge in [0.2, 0.25) is 5.95 Å². The lowest BCUT2D eigenvalue weighted by Crippen LogP contribution is -2.20. The Morgan fingerprint density at radius 3 is 2.30 bits per heavy atom. The molecule has 1 aromatic carbocycles. The Labute approximate surface area is 135 Å². The van der Waals surface area contributed by atoms with Crippen molar-refractivity contribution < 1.29 is 5.11 Å². The second-order valence-electron chi connectivity index (χ2n) is 5.35. The Morgan fingerprint density at radius 1 is 0.957 bits per heavy atom. The van der Waals surface area contributed by atoms with Crippen LogP contribution in [0.25, 0.3) is 0 Å². The first-order valence-electron chi connectivity index (χ1n) is 7.41. The fraction of sp³-hybridized carbons (Fsp3) is 0.167. The van der Waals surface area contributed by atoms with E-state index in [1.807, 2.05) is 55.1 Å². The molecule has 0 fully saturated rings. The molecule has 5 heteroatoms. The van der Waals surface area contributed by atoms with Gasteiger partial charge < -0.3 is 10.0 Å². The van der Waals surface area contributed by atoms with E-state index in [1.165, 1.54) is 0 Å². The van der Waals surface area contributed by atoms with Crippen LogP contribution in [-0.2, 0) is 6.54 Å². The van der Waals surface area contributed by atoms with Gasteiger partial charge in [-0.3, -0.25) is 4.98 Å². The molecule has 0 bridgehead atoms. The molecule has 2 aromatic heterocycles. The van der Waals surface area contributed by atoms with E-state index in [0.29, 0.717) is 18.2 Å². The molecule has 1 N–H and O–H groups in total. The molecular weight excluding hydrogens is 288 g/mol. The molecule has 3 rings (SSSR count). The molecule has 0 saturated heterocycles. The molecule has 0 spiro atoms. The third-order valence-corrected chi connectivity index (χ3v) is 3.43. The van der Waals surface area contributed by atoms with Crippen LogP contribution in [0.2, 0.25) is 0 Å². The minimum absolute atomic E-state index is 0.186. The summed E-state index contributed by atoms with van der Waals surface area (Å²) in [5, 5.41) is 10.2. The number of aromatic nitrogens is 3. The van der Waals surface area contributed by atoms with Crippen molar-refractivity contribution in [3.63, 3.8) is 0 Å². The van der Waals surface area contributed by atoms with Gasteiger partial charge in [-0.05, 0) is 44.2 Å². The maximum Gasteiger partial charge on any atom is 0.230 e. The Hall–Kier alpha value is -2.95. The predicted molar refractivity (Wildman–Crippen MR) is 89.7 cm³/mol. The largest absolute Gasteiger partial charge is 0.506 e. The topological polar surface area (TPSA) is 62.1 Å². The lowest BCUT2D eigenvalue weighted by Gasteiger charge is -2.23. The molecule has 0 aliphatic rings. The Balaban J connectivity index is 2.08. The van der Waals surface area contributed by atoms with Crippen molar-refractivity contribution >= 4 is 11.6 Å². The Morgan fingerprint density at radius 2 is 1.65 bits per heavy atom. The smallest absolute Gasteiger partial charge is 0.230 e. The van der Waals surface area contributed by atoms with Crippen LogP contribution < -0.4 is 4.90 Å². The fourth-order valence-corrected chi connectivity index (χ4v) is 2.44.